The Morgan fingerprint density at radius 1 is 1.00 bits per heavy atom. The second-order valence-electron chi connectivity index (χ2n) is 6.14. The van der Waals surface area contributed by atoms with Gasteiger partial charge in [-0.2, -0.15) is 0 Å². The molecule has 0 aromatic heterocycles. The van der Waals surface area contributed by atoms with Crippen molar-refractivity contribution in [2.24, 2.45) is 0 Å². The van der Waals surface area contributed by atoms with Crippen LogP contribution in [-0.2, 0) is 0 Å². The van der Waals surface area contributed by atoms with Crippen molar-refractivity contribution in [1.82, 2.24) is 10.6 Å². The third kappa shape index (κ3) is 5.39. The van der Waals surface area contributed by atoms with E-state index < -0.39 is 0 Å². The maximum atomic E-state index is 12.4. The van der Waals surface area contributed by atoms with Crippen LogP contribution in [0.25, 0.3) is 0 Å². The van der Waals surface area contributed by atoms with E-state index in [0.29, 0.717) is 6.42 Å². The van der Waals surface area contributed by atoms with Gasteiger partial charge in [0.2, 0.25) is 0 Å². The molecule has 2 unspecified atom stereocenters. The van der Waals surface area contributed by atoms with E-state index in [0.717, 1.165) is 17.5 Å². The lowest BCUT2D eigenvalue weighted by molar-refractivity contribution is 0.232. The smallest absolute Gasteiger partial charge is 0.315 e. The summed E-state index contributed by atoms with van der Waals surface area (Å²) < 4.78 is 0. The van der Waals surface area contributed by atoms with Crippen molar-refractivity contribution in [3.8, 4) is 0 Å². The summed E-state index contributed by atoms with van der Waals surface area (Å²) in [6.07, 6.45) is 1.44. The Morgan fingerprint density at radius 3 is 2.25 bits per heavy atom. The number of hydrogen-bond acceptors (Lipinski definition) is 2. The number of aliphatic hydroxyl groups is 1. The number of nitrogens with one attached hydrogen (secondary N) is 2. The van der Waals surface area contributed by atoms with E-state index in [1.54, 1.807) is 0 Å². The van der Waals surface area contributed by atoms with E-state index in [2.05, 4.69) is 22.8 Å². The van der Waals surface area contributed by atoms with Gasteiger partial charge in [0.1, 0.15) is 0 Å². The number of carbonyl (C=O) groups excluding carboxylic acids is 1. The van der Waals surface area contributed by atoms with E-state index in [-0.39, 0.29) is 24.7 Å². The first kappa shape index (κ1) is 18.0. The first-order valence-corrected chi connectivity index (χ1v) is 8.39. The average molecular weight is 326 g/mol. The van der Waals surface area contributed by atoms with Crippen LogP contribution in [0.1, 0.15) is 42.5 Å². The molecule has 4 heteroatoms. The van der Waals surface area contributed by atoms with Crippen LogP contribution >= 0.6 is 0 Å². The molecule has 0 spiro atoms. The molecule has 2 aromatic rings. The summed E-state index contributed by atoms with van der Waals surface area (Å²) in [5.74, 6) is 0. The highest BCUT2D eigenvalue weighted by Crippen LogP contribution is 2.22. The quantitative estimate of drug-likeness (QED) is 0.729. The fourth-order valence-corrected chi connectivity index (χ4v) is 2.63. The van der Waals surface area contributed by atoms with Crippen LogP contribution in [0.5, 0.6) is 0 Å². The summed E-state index contributed by atoms with van der Waals surface area (Å²) in [7, 11) is 0. The summed E-state index contributed by atoms with van der Waals surface area (Å²) >= 11 is 0. The van der Waals surface area contributed by atoms with E-state index in [1.165, 1.54) is 5.56 Å². The Labute approximate surface area is 143 Å². The summed E-state index contributed by atoms with van der Waals surface area (Å²) in [5, 5.41) is 14.9. The van der Waals surface area contributed by atoms with E-state index >= 15 is 0 Å². The second kappa shape index (κ2) is 9.08. The van der Waals surface area contributed by atoms with Gasteiger partial charge in [0.15, 0.2) is 0 Å². The number of carbonyl (C=O) groups is 1. The van der Waals surface area contributed by atoms with Crippen LogP contribution < -0.4 is 10.6 Å². The normalized spacial score (nSPS) is 13.1. The van der Waals surface area contributed by atoms with Crippen LogP contribution in [0.2, 0.25) is 0 Å². The van der Waals surface area contributed by atoms with Gasteiger partial charge in [0, 0.05) is 12.6 Å². The Bertz CT molecular complexity index is 626. The zero-order valence-corrected chi connectivity index (χ0v) is 14.3. The summed E-state index contributed by atoms with van der Waals surface area (Å²) in [6, 6.07) is 17.7. The summed E-state index contributed by atoms with van der Waals surface area (Å²) in [5.41, 5.74) is 3.28. The standard InChI is InChI=1S/C20H26N2O2/c1-15-10-12-18(13-11-15)19(17-8-4-3-5-9-17)22-20(24)21-16(2)7-6-14-23/h3-5,8-13,16,19,23H,6-7,14H2,1-2H3,(H2,21,22,24). The van der Waals surface area contributed by atoms with Gasteiger partial charge in [-0.1, -0.05) is 60.2 Å². The number of urea groups is 1. The molecule has 0 fully saturated rings. The molecule has 128 valence electrons. The Kier molecular flexibility index (Phi) is 6.82. The highest BCUT2D eigenvalue weighted by atomic mass is 16.3. The van der Waals surface area contributed by atoms with E-state index in [1.807, 2.05) is 56.3 Å². The van der Waals surface area contributed by atoms with Gasteiger partial charge in [-0.05, 0) is 37.8 Å². The molecule has 3 N–H and O–H groups in total. The largest absolute Gasteiger partial charge is 0.396 e. The molecule has 24 heavy (non-hydrogen) atoms. The molecule has 0 bridgehead atoms. The zero-order chi connectivity index (χ0) is 17.4. The molecule has 2 rings (SSSR count). The van der Waals surface area contributed by atoms with Gasteiger partial charge in [-0.15, -0.1) is 0 Å². The number of benzene rings is 2. The Hall–Kier alpha value is -2.33. The van der Waals surface area contributed by atoms with Crippen molar-refractivity contribution < 1.29 is 9.90 Å². The van der Waals surface area contributed by atoms with Crippen LogP contribution in [-0.4, -0.2) is 23.8 Å². The maximum absolute atomic E-state index is 12.4. The third-order valence-corrected chi connectivity index (χ3v) is 3.99. The third-order valence-electron chi connectivity index (χ3n) is 3.99. The zero-order valence-electron chi connectivity index (χ0n) is 14.3. The lowest BCUT2D eigenvalue weighted by Gasteiger charge is -2.22. The van der Waals surface area contributed by atoms with E-state index in [4.69, 9.17) is 5.11 Å². The van der Waals surface area contributed by atoms with Crippen LogP contribution in [0.15, 0.2) is 54.6 Å². The van der Waals surface area contributed by atoms with Crippen molar-refractivity contribution in [3.05, 3.63) is 71.3 Å². The average Bonchev–Trinajstić information content (AvgIpc) is 2.59. The van der Waals surface area contributed by atoms with Crippen molar-refractivity contribution in [3.63, 3.8) is 0 Å². The van der Waals surface area contributed by atoms with Gasteiger partial charge in [-0.3, -0.25) is 0 Å². The molecule has 2 amide bonds. The monoisotopic (exact) mass is 326 g/mol. The molecule has 4 nitrogen and oxygen atoms in total. The number of amides is 2. The second-order valence-corrected chi connectivity index (χ2v) is 6.14. The van der Waals surface area contributed by atoms with Crippen LogP contribution in [0.3, 0.4) is 0 Å². The van der Waals surface area contributed by atoms with Crippen molar-refractivity contribution >= 4 is 6.03 Å². The molecular formula is C20H26N2O2. The first-order valence-electron chi connectivity index (χ1n) is 8.39. The summed E-state index contributed by atoms with van der Waals surface area (Å²) in [4.78, 5) is 12.4. The molecule has 0 radical (unpaired) electrons. The number of hydrogen-bond donors (Lipinski definition) is 3. The fraction of sp³-hybridized carbons (Fsp3) is 0.350. The number of rotatable bonds is 7. The summed E-state index contributed by atoms with van der Waals surface area (Å²) in [6.45, 7) is 4.13. The molecule has 2 aromatic carbocycles. The first-order chi connectivity index (χ1) is 11.6. The predicted octanol–water partition coefficient (Wildman–Crippen LogP) is 3.54. The van der Waals surface area contributed by atoms with Gasteiger partial charge in [0.25, 0.3) is 0 Å². The molecule has 2 atom stereocenters. The van der Waals surface area contributed by atoms with Crippen molar-refractivity contribution in [1.29, 1.82) is 0 Å². The van der Waals surface area contributed by atoms with E-state index in [9.17, 15) is 4.79 Å². The molecule has 0 heterocycles. The van der Waals surface area contributed by atoms with Gasteiger partial charge in [-0.25, -0.2) is 4.79 Å². The van der Waals surface area contributed by atoms with Gasteiger partial charge < -0.3 is 15.7 Å². The SMILES string of the molecule is Cc1ccc(C(NC(=O)NC(C)CCCO)c2ccccc2)cc1. The lowest BCUT2D eigenvalue weighted by atomic mass is 9.98. The number of aliphatic hydroxyl groups excluding tert-OH is 1. The maximum Gasteiger partial charge on any atom is 0.315 e. The topological polar surface area (TPSA) is 61.4 Å². The molecule has 0 aliphatic heterocycles. The van der Waals surface area contributed by atoms with Crippen LogP contribution in [0.4, 0.5) is 4.79 Å². The van der Waals surface area contributed by atoms with Crippen molar-refractivity contribution in [2.75, 3.05) is 6.61 Å². The molecule has 0 saturated heterocycles. The minimum atomic E-state index is -0.199. The highest BCUT2D eigenvalue weighted by molar-refractivity contribution is 5.75. The Balaban J connectivity index is 2.12. The minimum absolute atomic E-state index is 0.0200. The molecule has 0 aliphatic rings. The molecule has 0 aliphatic carbocycles. The lowest BCUT2D eigenvalue weighted by Crippen LogP contribution is -2.42. The molecular weight excluding hydrogens is 300 g/mol. The molecule has 0 saturated carbocycles. The fourth-order valence-electron chi connectivity index (χ4n) is 2.63. The minimum Gasteiger partial charge on any atom is -0.396 e. The van der Waals surface area contributed by atoms with Crippen LogP contribution in [0, 0.1) is 6.92 Å². The van der Waals surface area contributed by atoms with Gasteiger partial charge in [0.05, 0.1) is 6.04 Å². The predicted molar refractivity (Wildman–Crippen MR) is 96.9 cm³/mol. The highest BCUT2D eigenvalue weighted by Gasteiger charge is 2.17. The number of aryl methyl sites for hydroxylation is 1. The van der Waals surface area contributed by atoms with Gasteiger partial charge >= 0.3 is 6.03 Å². The Morgan fingerprint density at radius 2 is 1.62 bits per heavy atom. The van der Waals surface area contributed by atoms with Crippen molar-refractivity contribution in [2.45, 2.75) is 38.8 Å².